The van der Waals surface area contributed by atoms with Gasteiger partial charge in [0.25, 0.3) is 5.91 Å². The molecular weight excluding hydrogens is 288 g/mol. The van der Waals surface area contributed by atoms with Crippen molar-refractivity contribution in [3.8, 4) is 11.8 Å². The number of hydrogen-bond acceptors (Lipinski definition) is 4. The summed E-state index contributed by atoms with van der Waals surface area (Å²) in [5.41, 5.74) is 0.153. The highest BCUT2D eigenvalue weighted by Crippen LogP contribution is 2.35. The first-order chi connectivity index (χ1) is 10.1. The van der Waals surface area contributed by atoms with Crippen LogP contribution in [0.15, 0.2) is 11.4 Å². The quantitative estimate of drug-likeness (QED) is 0.642. The van der Waals surface area contributed by atoms with Crippen molar-refractivity contribution >= 4 is 23.3 Å². The summed E-state index contributed by atoms with van der Waals surface area (Å²) in [5.74, 6) is 5.30. The van der Waals surface area contributed by atoms with E-state index in [1.165, 1.54) is 16.2 Å². The van der Waals surface area contributed by atoms with E-state index in [0.29, 0.717) is 0 Å². The predicted octanol–water partition coefficient (Wildman–Crippen LogP) is 1.46. The Kier molecular flexibility index (Phi) is 3.70. The summed E-state index contributed by atoms with van der Waals surface area (Å²) in [7, 11) is 0. The van der Waals surface area contributed by atoms with Gasteiger partial charge in [0.05, 0.1) is 6.54 Å². The van der Waals surface area contributed by atoms with Crippen molar-refractivity contribution in [2.45, 2.75) is 37.8 Å². The Morgan fingerprint density at radius 1 is 1.38 bits per heavy atom. The van der Waals surface area contributed by atoms with Gasteiger partial charge in [-0.3, -0.25) is 9.69 Å². The maximum Gasteiger partial charge on any atom is 0.325 e. The largest absolute Gasteiger partial charge is 0.384 e. The van der Waals surface area contributed by atoms with Gasteiger partial charge in [-0.1, -0.05) is 24.7 Å². The molecule has 0 radical (unpaired) electrons. The first-order valence-electron chi connectivity index (χ1n) is 6.96. The van der Waals surface area contributed by atoms with Gasteiger partial charge in [-0.2, -0.15) is 0 Å². The van der Waals surface area contributed by atoms with E-state index >= 15 is 0 Å². The van der Waals surface area contributed by atoms with Gasteiger partial charge in [0, 0.05) is 15.8 Å². The summed E-state index contributed by atoms with van der Waals surface area (Å²) in [6.07, 6.45) is 3.46. The maximum atomic E-state index is 12.5. The van der Waals surface area contributed by atoms with Gasteiger partial charge < -0.3 is 10.4 Å². The molecule has 3 rings (SSSR count). The van der Waals surface area contributed by atoms with Crippen molar-refractivity contribution in [1.82, 2.24) is 10.2 Å². The standard InChI is InChI=1S/C15H16N2O3S/c18-7-3-4-11-8-12(21-10-11)9-17-13(19)15(16-14(17)20)5-1-2-6-15/h8,10,18H,1-2,5-7,9H2,(H,16,20). The van der Waals surface area contributed by atoms with Crippen molar-refractivity contribution < 1.29 is 14.7 Å². The molecule has 2 N–H and O–H groups in total. The number of amides is 3. The van der Waals surface area contributed by atoms with Gasteiger partial charge in [-0.15, -0.1) is 11.3 Å². The van der Waals surface area contributed by atoms with Crippen LogP contribution in [0.4, 0.5) is 4.79 Å². The van der Waals surface area contributed by atoms with Crippen LogP contribution in [0.2, 0.25) is 0 Å². The van der Waals surface area contributed by atoms with Crippen LogP contribution in [0.1, 0.15) is 36.1 Å². The fourth-order valence-electron chi connectivity index (χ4n) is 2.96. The molecule has 2 aliphatic rings. The molecule has 0 unspecified atom stereocenters. The number of rotatable bonds is 2. The first kappa shape index (κ1) is 14.1. The highest BCUT2D eigenvalue weighted by Gasteiger charge is 2.52. The summed E-state index contributed by atoms with van der Waals surface area (Å²) in [4.78, 5) is 26.8. The van der Waals surface area contributed by atoms with Crippen LogP contribution < -0.4 is 5.32 Å². The highest BCUT2D eigenvalue weighted by molar-refractivity contribution is 7.10. The molecule has 5 nitrogen and oxygen atoms in total. The number of nitrogens with zero attached hydrogens (tertiary/aromatic N) is 1. The van der Waals surface area contributed by atoms with E-state index in [1.807, 2.05) is 11.4 Å². The maximum absolute atomic E-state index is 12.5. The smallest absolute Gasteiger partial charge is 0.325 e. The van der Waals surface area contributed by atoms with E-state index in [4.69, 9.17) is 5.11 Å². The number of urea groups is 1. The van der Waals surface area contributed by atoms with E-state index in [0.717, 1.165) is 36.1 Å². The van der Waals surface area contributed by atoms with Gasteiger partial charge in [-0.05, 0) is 18.9 Å². The highest BCUT2D eigenvalue weighted by atomic mass is 32.1. The Morgan fingerprint density at radius 3 is 2.86 bits per heavy atom. The summed E-state index contributed by atoms with van der Waals surface area (Å²) in [6.45, 7) is 0.110. The molecule has 0 bridgehead atoms. The van der Waals surface area contributed by atoms with Crippen LogP contribution in [0.25, 0.3) is 0 Å². The third-order valence-electron chi connectivity index (χ3n) is 3.98. The average Bonchev–Trinajstić information content (AvgIpc) is 3.15. The Labute approximate surface area is 127 Å². The van der Waals surface area contributed by atoms with Crippen LogP contribution in [0.3, 0.4) is 0 Å². The van der Waals surface area contributed by atoms with Gasteiger partial charge in [-0.25, -0.2) is 4.79 Å². The lowest BCUT2D eigenvalue weighted by Gasteiger charge is -2.19. The fraction of sp³-hybridized carbons (Fsp3) is 0.467. The van der Waals surface area contributed by atoms with E-state index in [2.05, 4.69) is 17.2 Å². The molecule has 1 spiro atoms. The van der Waals surface area contributed by atoms with E-state index in [9.17, 15) is 9.59 Å². The summed E-state index contributed by atoms with van der Waals surface area (Å²) in [5, 5.41) is 13.4. The first-order valence-corrected chi connectivity index (χ1v) is 7.84. The van der Waals surface area contributed by atoms with Crippen molar-refractivity contribution in [2.75, 3.05) is 6.61 Å². The number of carbonyl (C=O) groups is 2. The lowest BCUT2D eigenvalue weighted by Crippen LogP contribution is -2.44. The molecule has 1 aromatic heterocycles. The van der Waals surface area contributed by atoms with Gasteiger partial charge in [0.1, 0.15) is 12.1 Å². The number of aliphatic hydroxyl groups excluding tert-OH is 1. The van der Waals surface area contributed by atoms with E-state index < -0.39 is 5.54 Å². The van der Waals surface area contributed by atoms with Gasteiger partial charge >= 0.3 is 6.03 Å². The van der Waals surface area contributed by atoms with Crippen LogP contribution >= 0.6 is 11.3 Å². The molecule has 1 saturated heterocycles. The molecule has 1 aliphatic heterocycles. The minimum atomic E-state index is -0.645. The third-order valence-corrected chi connectivity index (χ3v) is 4.90. The topological polar surface area (TPSA) is 69.6 Å². The van der Waals surface area contributed by atoms with Crippen LogP contribution in [0.5, 0.6) is 0 Å². The van der Waals surface area contributed by atoms with Crippen LogP contribution in [-0.2, 0) is 11.3 Å². The average molecular weight is 304 g/mol. The van der Waals surface area contributed by atoms with E-state index in [-0.39, 0.29) is 25.1 Å². The zero-order valence-corrected chi connectivity index (χ0v) is 12.3. The van der Waals surface area contributed by atoms with Gasteiger partial charge in [0.15, 0.2) is 0 Å². The van der Waals surface area contributed by atoms with Crippen molar-refractivity contribution in [3.63, 3.8) is 0 Å². The lowest BCUT2D eigenvalue weighted by molar-refractivity contribution is -0.131. The molecule has 6 heteroatoms. The SMILES string of the molecule is O=C1NC2(CCCC2)C(=O)N1Cc1cc(C#CCO)cs1. The second kappa shape index (κ2) is 5.51. The molecule has 110 valence electrons. The van der Waals surface area contributed by atoms with Crippen LogP contribution in [-0.4, -0.2) is 34.1 Å². The molecule has 21 heavy (non-hydrogen) atoms. The molecule has 1 aromatic rings. The zero-order chi connectivity index (χ0) is 14.9. The third kappa shape index (κ3) is 2.55. The second-order valence-electron chi connectivity index (χ2n) is 5.37. The Bertz CT molecular complexity index is 635. The second-order valence-corrected chi connectivity index (χ2v) is 6.37. The number of imide groups is 1. The van der Waals surface area contributed by atoms with E-state index in [1.54, 1.807) is 0 Å². The lowest BCUT2D eigenvalue weighted by atomic mass is 9.98. The zero-order valence-electron chi connectivity index (χ0n) is 11.5. The Balaban J connectivity index is 1.74. The molecule has 2 fully saturated rings. The fourth-order valence-corrected chi connectivity index (χ4v) is 3.77. The molecule has 1 saturated carbocycles. The van der Waals surface area contributed by atoms with Crippen molar-refractivity contribution in [2.24, 2.45) is 0 Å². The number of aliphatic hydroxyl groups is 1. The van der Waals surface area contributed by atoms with Crippen molar-refractivity contribution in [3.05, 3.63) is 21.9 Å². The molecule has 0 atom stereocenters. The van der Waals surface area contributed by atoms with Crippen LogP contribution in [0, 0.1) is 11.8 Å². The molecule has 2 heterocycles. The molecular formula is C15H16N2O3S. The van der Waals surface area contributed by atoms with Gasteiger partial charge in [0.2, 0.25) is 0 Å². The molecule has 1 aliphatic carbocycles. The predicted molar refractivity (Wildman–Crippen MR) is 78.6 cm³/mol. The summed E-state index contributed by atoms with van der Waals surface area (Å²) in [6, 6.07) is 1.56. The Morgan fingerprint density at radius 2 is 2.14 bits per heavy atom. The number of hydrogen-bond donors (Lipinski definition) is 2. The summed E-state index contributed by atoms with van der Waals surface area (Å²) >= 11 is 1.46. The Hall–Kier alpha value is -1.84. The van der Waals surface area contributed by atoms with Crippen molar-refractivity contribution in [1.29, 1.82) is 0 Å². The number of nitrogens with one attached hydrogen (secondary N) is 1. The minimum absolute atomic E-state index is 0.0959. The minimum Gasteiger partial charge on any atom is -0.384 e. The normalized spacial score (nSPS) is 19.8. The molecule has 3 amide bonds. The summed E-state index contributed by atoms with van der Waals surface area (Å²) < 4.78 is 0. The number of carbonyl (C=O) groups excluding carboxylic acids is 2. The molecule has 0 aromatic carbocycles. The number of thiophene rings is 1. The monoisotopic (exact) mass is 304 g/mol.